The Morgan fingerprint density at radius 2 is 1.77 bits per heavy atom. The maximum atomic E-state index is 13.9. The van der Waals surface area contributed by atoms with Gasteiger partial charge in [0.1, 0.15) is 6.17 Å². The molecule has 156 valence electrons. The van der Waals surface area contributed by atoms with Crippen molar-refractivity contribution in [1.82, 2.24) is 14.9 Å². The Kier molecular flexibility index (Phi) is 6.34. The van der Waals surface area contributed by atoms with Crippen molar-refractivity contribution in [3.05, 3.63) is 82.2 Å². The van der Waals surface area contributed by atoms with Gasteiger partial charge in [-0.05, 0) is 48.7 Å². The van der Waals surface area contributed by atoms with Crippen LogP contribution in [0.2, 0.25) is 10.0 Å². The lowest BCUT2D eigenvalue weighted by molar-refractivity contribution is 0.0231. The minimum absolute atomic E-state index is 0.206. The predicted molar refractivity (Wildman–Crippen MR) is 117 cm³/mol. The van der Waals surface area contributed by atoms with Crippen LogP contribution in [0.25, 0.3) is 11.3 Å². The molecule has 1 unspecified atom stereocenters. The third-order valence-corrected chi connectivity index (χ3v) is 6.16. The highest BCUT2D eigenvalue weighted by Gasteiger charge is 2.43. The molecule has 0 radical (unpaired) electrons. The first kappa shape index (κ1) is 21.2. The van der Waals surface area contributed by atoms with E-state index in [1.807, 2.05) is 24.3 Å². The number of hydrogen-bond acceptors (Lipinski definition) is 4. The van der Waals surface area contributed by atoms with Crippen molar-refractivity contribution in [3.63, 3.8) is 0 Å². The smallest absolute Gasteiger partial charge is 0.103 e. The zero-order chi connectivity index (χ0) is 21.1. The van der Waals surface area contributed by atoms with Gasteiger partial charge in [-0.25, -0.2) is 4.39 Å². The van der Waals surface area contributed by atoms with E-state index >= 15 is 0 Å². The zero-order valence-corrected chi connectivity index (χ0v) is 17.8. The minimum Gasteiger partial charge on any atom is -0.394 e. The molecule has 1 aromatic carbocycles. The molecule has 1 aliphatic rings. The first-order valence-corrected chi connectivity index (χ1v) is 10.6. The lowest BCUT2D eigenvalue weighted by Crippen LogP contribution is -2.53. The maximum absolute atomic E-state index is 13.9. The van der Waals surface area contributed by atoms with Crippen molar-refractivity contribution in [2.24, 2.45) is 0 Å². The molecule has 0 amide bonds. The van der Waals surface area contributed by atoms with Gasteiger partial charge in [0.2, 0.25) is 0 Å². The molecule has 30 heavy (non-hydrogen) atoms. The molecule has 0 spiro atoms. The van der Waals surface area contributed by atoms with Gasteiger partial charge in [0.05, 0.1) is 17.8 Å². The van der Waals surface area contributed by atoms with Gasteiger partial charge in [-0.2, -0.15) is 0 Å². The number of pyridine rings is 2. The van der Waals surface area contributed by atoms with Crippen LogP contribution < -0.4 is 0 Å². The van der Waals surface area contributed by atoms with Gasteiger partial charge in [0.15, 0.2) is 0 Å². The predicted octanol–water partition coefficient (Wildman–Crippen LogP) is 5.12. The summed E-state index contributed by atoms with van der Waals surface area (Å²) in [6.07, 6.45) is 5.15. The van der Waals surface area contributed by atoms with Gasteiger partial charge in [0, 0.05) is 52.9 Å². The Hall–Kier alpha value is -2.05. The number of hydrogen-bond donors (Lipinski definition) is 1. The molecule has 1 atom stereocenters. The number of rotatable bonds is 5. The number of piperidine rings is 1. The second kappa shape index (κ2) is 8.98. The third-order valence-electron chi connectivity index (χ3n) is 5.72. The zero-order valence-electron chi connectivity index (χ0n) is 16.3. The van der Waals surface area contributed by atoms with E-state index in [0.717, 1.165) is 16.7 Å². The van der Waals surface area contributed by atoms with Crippen LogP contribution >= 0.6 is 23.2 Å². The highest BCUT2D eigenvalue weighted by molar-refractivity contribution is 6.35. The molecule has 4 nitrogen and oxygen atoms in total. The van der Waals surface area contributed by atoms with E-state index in [-0.39, 0.29) is 6.61 Å². The molecular formula is C23H22Cl2FN3O. The molecule has 1 N–H and O–H groups in total. The van der Waals surface area contributed by atoms with E-state index in [4.69, 9.17) is 23.2 Å². The fraction of sp³-hybridized carbons (Fsp3) is 0.304. The number of aliphatic hydroxyl groups is 1. The molecule has 4 rings (SSSR count). The van der Waals surface area contributed by atoms with Gasteiger partial charge < -0.3 is 5.11 Å². The summed E-state index contributed by atoms with van der Waals surface area (Å²) in [5.74, 6) is 0. The lowest BCUT2D eigenvalue weighted by atomic mass is 9.79. The molecule has 0 saturated carbocycles. The first-order chi connectivity index (χ1) is 14.5. The largest absolute Gasteiger partial charge is 0.394 e. The Balaban J connectivity index is 1.95. The van der Waals surface area contributed by atoms with Crippen molar-refractivity contribution in [3.8, 4) is 11.3 Å². The molecule has 3 heterocycles. The molecular weight excluding hydrogens is 424 g/mol. The van der Waals surface area contributed by atoms with Crippen LogP contribution in [-0.4, -0.2) is 45.8 Å². The second-order valence-electron chi connectivity index (χ2n) is 7.48. The Morgan fingerprint density at radius 3 is 2.40 bits per heavy atom. The summed E-state index contributed by atoms with van der Waals surface area (Å²) in [6.45, 7) is 0.825. The van der Waals surface area contributed by atoms with Crippen LogP contribution in [0, 0.1) is 0 Å². The molecule has 7 heteroatoms. The number of alkyl halides is 1. The van der Waals surface area contributed by atoms with E-state index in [1.54, 1.807) is 36.8 Å². The maximum Gasteiger partial charge on any atom is 0.103 e. The molecule has 1 fully saturated rings. The molecule has 3 aromatic rings. The summed E-state index contributed by atoms with van der Waals surface area (Å²) in [5.41, 5.74) is 2.13. The van der Waals surface area contributed by atoms with Crippen molar-refractivity contribution in [2.75, 3.05) is 19.7 Å². The fourth-order valence-corrected chi connectivity index (χ4v) is 4.81. The topological polar surface area (TPSA) is 49.3 Å². The Morgan fingerprint density at radius 1 is 1.07 bits per heavy atom. The molecule has 2 aromatic heterocycles. The van der Waals surface area contributed by atoms with E-state index in [9.17, 15) is 9.50 Å². The van der Waals surface area contributed by atoms with Gasteiger partial charge in [-0.3, -0.25) is 14.9 Å². The van der Waals surface area contributed by atoms with Crippen LogP contribution in [0.4, 0.5) is 4.39 Å². The number of benzene rings is 1. The third kappa shape index (κ3) is 3.95. The highest BCUT2D eigenvalue weighted by Crippen LogP contribution is 2.42. The van der Waals surface area contributed by atoms with Crippen molar-refractivity contribution in [1.29, 1.82) is 0 Å². The Bertz CT molecular complexity index is 992. The van der Waals surface area contributed by atoms with Crippen LogP contribution in [-0.2, 0) is 5.54 Å². The SMILES string of the molecule is OCC(c1cccnc1)(c1cccnc1-c1cc(Cl)cc(Cl)c1)N1CCC(F)CC1. The van der Waals surface area contributed by atoms with Crippen LogP contribution in [0.15, 0.2) is 61.1 Å². The summed E-state index contributed by atoms with van der Waals surface area (Å²) in [4.78, 5) is 11.1. The number of nitrogens with zero attached hydrogens (tertiary/aromatic N) is 3. The van der Waals surface area contributed by atoms with Crippen LogP contribution in [0.3, 0.4) is 0 Å². The van der Waals surface area contributed by atoms with Gasteiger partial charge in [-0.1, -0.05) is 35.3 Å². The van der Waals surface area contributed by atoms with E-state index in [2.05, 4.69) is 14.9 Å². The molecule has 0 aliphatic carbocycles. The number of aromatic nitrogens is 2. The average Bonchev–Trinajstić information content (AvgIpc) is 2.76. The molecule has 1 saturated heterocycles. The van der Waals surface area contributed by atoms with E-state index < -0.39 is 11.7 Å². The molecule has 0 bridgehead atoms. The quantitative estimate of drug-likeness (QED) is 0.591. The average molecular weight is 446 g/mol. The first-order valence-electron chi connectivity index (χ1n) is 9.87. The second-order valence-corrected chi connectivity index (χ2v) is 8.35. The highest BCUT2D eigenvalue weighted by atomic mass is 35.5. The van der Waals surface area contributed by atoms with E-state index in [1.165, 1.54) is 0 Å². The summed E-state index contributed by atoms with van der Waals surface area (Å²) in [5, 5.41) is 11.8. The normalized spacial score (nSPS) is 17.6. The van der Waals surface area contributed by atoms with E-state index in [0.29, 0.717) is 41.7 Å². The summed E-state index contributed by atoms with van der Waals surface area (Å²) in [7, 11) is 0. The number of likely N-dealkylation sites (tertiary alicyclic amines) is 1. The van der Waals surface area contributed by atoms with Crippen molar-refractivity contribution >= 4 is 23.2 Å². The van der Waals surface area contributed by atoms with Gasteiger partial charge in [-0.15, -0.1) is 0 Å². The van der Waals surface area contributed by atoms with Crippen molar-refractivity contribution in [2.45, 2.75) is 24.6 Å². The monoisotopic (exact) mass is 445 g/mol. The summed E-state index contributed by atoms with van der Waals surface area (Å²) < 4.78 is 13.9. The molecule has 1 aliphatic heterocycles. The number of aliphatic hydroxyl groups excluding tert-OH is 1. The minimum atomic E-state index is -0.924. The van der Waals surface area contributed by atoms with Crippen LogP contribution in [0.5, 0.6) is 0 Å². The number of halogens is 3. The Labute approximate surface area is 185 Å². The van der Waals surface area contributed by atoms with Crippen LogP contribution in [0.1, 0.15) is 24.0 Å². The summed E-state index contributed by atoms with van der Waals surface area (Å²) in [6, 6.07) is 12.8. The van der Waals surface area contributed by atoms with Gasteiger partial charge in [0.25, 0.3) is 0 Å². The lowest BCUT2D eigenvalue weighted by Gasteiger charge is -2.46. The standard InChI is InChI=1S/C23H22Cl2FN3O/c24-18-11-16(12-19(25)13-18)22-21(4-2-8-28-22)23(15-30,17-3-1-7-27-14-17)29-9-5-20(26)6-10-29/h1-4,7-8,11-14,20,30H,5-6,9-10,15H2. The van der Waals surface area contributed by atoms with Gasteiger partial charge >= 0.3 is 0 Å². The fourth-order valence-electron chi connectivity index (χ4n) is 4.28. The summed E-state index contributed by atoms with van der Waals surface area (Å²) >= 11 is 12.5. The van der Waals surface area contributed by atoms with Crippen molar-refractivity contribution < 1.29 is 9.50 Å².